The minimum Gasteiger partial charge on any atom is -0.496 e. The van der Waals surface area contributed by atoms with Crippen molar-refractivity contribution in [2.75, 3.05) is 12.8 Å². The molecule has 0 bridgehead atoms. The second kappa shape index (κ2) is 5.44. The van der Waals surface area contributed by atoms with Gasteiger partial charge in [-0.15, -0.1) is 0 Å². The van der Waals surface area contributed by atoms with Gasteiger partial charge in [0, 0.05) is 0 Å². The fourth-order valence-electron chi connectivity index (χ4n) is 1.94. The molecular formula is C13H16BrN3O. The van der Waals surface area contributed by atoms with Crippen molar-refractivity contribution in [1.82, 2.24) is 9.97 Å². The van der Waals surface area contributed by atoms with Crippen LogP contribution in [0, 0.1) is 6.92 Å². The van der Waals surface area contributed by atoms with E-state index in [-0.39, 0.29) is 0 Å². The molecule has 0 amide bonds. The molecule has 0 unspecified atom stereocenters. The molecule has 0 saturated heterocycles. The maximum absolute atomic E-state index is 5.60. The standard InChI is InChI=1S/C13H16BrN3O/c1-8-7-9(4-6-11(8)18-2)3-5-10-12(14)17-13(15)16-10/h4,6-7H,3,5H2,1-2H3,(H3,15,16,17). The molecule has 1 aromatic carbocycles. The predicted octanol–water partition coefficient (Wildman–Crippen LogP) is 2.86. The van der Waals surface area contributed by atoms with Crippen molar-refractivity contribution in [1.29, 1.82) is 0 Å². The van der Waals surface area contributed by atoms with Crippen LogP contribution in [-0.2, 0) is 12.8 Å². The Bertz CT molecular complexity index is 551. The van der Waals surface area contributed by atoms with Crippen molar-refractivity contribution in [2.45, 2.75) is 19.8 Å². The van der Waals surface area contributed by atoms with E-state index in [1.807, 2.05) is 13.0 Å². The van der Waals surface area contributed by atoms with Crippen molar-refractivity contribution >= 4 is 21.9 Å². The van der Waals surface area contributed by atoms with E-state index in [4.69, 9.17) is 10.5 Å². The monoisotopic (exact) mass is 309 g/mol. The van der Waals surface area contributed by atoms with E-state index >= 15 is 0 Å². The molecule has 0 spiro atoms. The second-order valence-corrected chi connectivity index (χ2v) is 4.95. The van der Waals surface area contributed by atoms with Crippen LogP contribution < -0.4 is 10.5 Å². The molecule has 0 fully saturated rings. The maximum Gasteiger partial charge on any atom is 0.198 e. The molecule has 0 aliphatic carbocycles. The Balaban J connectivity index is 2.06. The Morgan fingerprint density at radius 3 is 2.72 bits per heavy atom. The number of aromatic amines is 1. The molecule has 0 aliphatic rings. The van der Waals surface area contributed by atoms with Gasteiger partial charge >= 0.3 is 0 Å². The first kappa shape index (κ1) is 13.0. The summed E-state index contributed by atoms with van der Waals surface area (Å²) in [5, 5.41) is 0. The lowest BCUT2D eigenvalue weighted by atomic mass is 10.1. The number of halogens is 1. The fraction of sp³-hybridized carbons (Fsp3) is 0.308. The van der Waals surface area contributed by atoms with Crippen molar-refractivity contribution in [3.8, 4) is 5.75 Å². The first-order valence-electron chi connectivity index (χ1n) is 5.73. The average Bonchev–Trinajstić information content (AvgIpc) is 2.65. The number of nitrogen functional groups attached to an aromatic ring is 1. The van der Waals surface area contributed by atoms with E-state index in [9.17, 15) is 0 Å². The third-order valence-corrected chi connectivity index (χ3v) is 3.53. The number of rotatable bonds is 4. The van der Waals surface area contributed by atoms with Crippen LogP contribution in [0.5, 0.6) is 5.75 Å². The SMILES string of the molecule is COc1ccc(CCc2[nH]c(N)nc2Br)cc1C. The highest BCUT2D eigenvalue weighted by Gasteiger charge is 2.06. The first-order chi connectivity index (χ1) is 8.60. The molecule has 0 saturated carbocycles. The number of ether oxygens (including phenoxy) is 1. The van der Waals surface area contributed by atoms with Gasteiger partial charge in [-0.3, -0.25) is 0 Å². The van der Waals surface area contributed by atoms with Crippen LogP contribution in [-0.4, -0.2) is 17.1 Å². The first-order valence-corrected chi connectivity index (χ1v) is 6.53. The third kappa shape index (κ3) is 2.85. The topological polar surface area (TPSA) is 63.9 Å². The minimum atomic E-state index is 0.447. The van der Waals surface area contributed by atoms with Crippen LogP contribution in [0.1, 0.15) is 16.8 Å². The van der Waals surface area contributed by atoms with Gasteiger partial charge in [-0.2, -0.15) is 0 Å². The van der Waals surface area contributed by atoms with E-state index < -0.39 is 0 Å². The van der Waals surface area contributed by atoms with Gasteiger partial charge in [-0.25, -0.2) is 4.98 Å². The molecule has 5 heteroatoms. The van der Waals surface area contributed by atoms with Crippen LogP contribution in [0.4, 0.5) is 5.95 Å². The molecule has 18 heavy (non-hydrogen) atoms. The quantitative estimate of drug-likeness (QED) is 0.912. The lowest BCUT2D eigenvalue weighted by Crippen LogP contribution is -1.95. The summed E-state index contributed by atoms with van der Waals surface area (Å²) in [6.07, 6.45) is 1.81. The minimum absolute atomic E-state index is 0.447. The van der Waals surface area contributed by atoms with Crippen LogP contribution >= 0.6 is 15.9 Å². The van der Waals surface area contributed by atoms with Crippen molar-refractivity contribution < 1.29 is 4.74 Å². The number of hydrogen-bond acceptors (Lipinski definition) is 3. The predicted molar refractivity (Wildman–Crippen MR) is 75.8 cm³/mol. The van der Waals surface area contributed by atoms with Crippen LogP contribution in [0.2, 0.25) is 0 Å². The molecule has 3 N–H and O–H groups in total. The van der Waals surface area contributed by atoms with E-state index in [1.165, 1.54) is 5.56 Å². The maximum atomic E-state index is 5.60. The summed E-state index contributed by atoms with van der Waals surface area (Å²) >= 11 is 3.39. The zero-order chi connectivity index (χ0) is 13.1. The lowest BCUT2D eigenvalue weighted by Gasteiger charge is -2.07. The summed E-state index contributed by atoms with van der Waals surface area (Å²) in [6.45, 7) is 2.05. The molecule has 1 aromatic heterocycles. The summed E-state index contributed by atoms with van der Waals surface area (Å²) in [6, 6.07) is 6.23. The highest BCUT2D eigenvalue weighted by atomic mass is 79.9. The molecule has 1 heterocycles. The van der Waals surface area contributed by atoms with Crippen LogP contribution in [0.3, 0.4) is 0 Å². The number of anilines is 1. The molecule has 4 nitrogen and oxygen atoms in total. The number of imidazole rings is 1. The van der Waals surface area contributed by atoms with Gasteiger partial charge in [0.05, 0.1) is 12.8 Å². The molecule has 2 aromatic rings. The van der Waals surface area contributed by atoms with Gasteiger partial charge in [0.1, 0.15) is 10.4 Å². The zero-order valence-electron chi connectivity index (χ0n) is 10.5. The largest absolute Gasteiger partial charge is 0.496 e. The Morgan fingerprint density at radius 2 is 2.17 bits per heavy atom. The molecule has 96 valence electrons. The summed E-state index contributed by atoms with van der Waals surface area (Å²) in [7, 11) is 1.69. The lowest BCUT2D eigenvalue weighted by molar-refractivity contribution is 0.411. The summed E-state index contributed by atoms with van der Waals surface area (Å²) in [4.78, 5) is 7.13. The van der Waals surface area contributed by atoms with E-state index in [1.54, 1.807) is 7.11 Å². The Hall–Kier alpha value is -1.49. The van der Waals surface area contributed by atoms with Gasteiger partial charge in [0.2, 0.25) is 0 Å². The smallest absolute Gasteiger partial charge is 0.198 e. The number of nitrogens with two attached hydrogens (primary N) is 1. The van der Waals surface area contributed by atoms with Gasteiger partial charge in [0.15, 0.2) is 5.95 Å². The van der Waals surface area contributed by atoms with Gasteiger partial charge in [0.25, 0.3) is 0 Å². The second-order valence-electron chi connectivity index (χ2n) is 4.20. The van der Waals surface area contributed by atoms with E-state index in [0.717, 1.165) is 34.5 Å². The Morgan fingerprint density at radius 1 is 1.39 bits per heavy atom. The van der Waals surface area contributed by atoms with Gasteiger partial charge in [-0.1, -0.05) is 12.1 Å². The number of benzene rings is 1. The number of hydrogen-bond donors (Lipinski definition) is 2. The normalized spacial score (nSPS) is 10.6. The van der Waals surface area contributed by atoms with Gasteiger partial charge in [-0.05, 0) is 52.9 Å². The fourth-order valence-corrected chi connectivity index (χ4v) is 2.43. The highest BCUT2D eigenvalue weighted by Crippen LogP contribution is 2.21. The van der Waals surface area contributed by atoms with Crippen molar-refractivity contribution in [3.63, 3.8) is 0 Å². The summed E-state index contributed by atoms with van der Waals surface area (Å²) in [5.74, 6) is 1.37. The van der Waals surface area contributed by atoms with Gasteiger partial charge < -0.3 is 15.5 Å². The molecular weight excluding hydrogens is 294 g/mol. The highest BCUT2D eigenvalue weighted by molar-refractivity contribution is 9.10. The molecule has 0 aliphatic heterocycles. The van der Waals surface area contributed by atoms with Crippen LogP contribution in [0.25, 0.3) is 0 Å². The zero-order valence-corrected chi connectivity index (χ0v) is 12.0. The van der Waals surface area contributed by atoms with Crippen molar-refractivity contribution in [3.05, 3.63) is 39.6 Å². The number of H-pyrrole nitrogens is 1. The Labute approximate surface area is 115 Å². The number of methoxy groups -OCH3 is 1. The summed E-state index contributed by atoms with van der Waals surface area (Å²) in [5.41, 5.74) is 9.05. The number of nitrogens with one attached hydrogen (secondary N) is 1. The van der Waals surface area contributed by atoms with E-state index in [0.29, 0.717) is 5.95 Å². The third-order valence-electron chi connectivity index (χ3n) is 2.87. The van der Waals surface area contributed by atoms with Crippen LogP contribution in [0.15, 0.2) is 22.8 Å². The Kier molecular flexibility index (Phi) is 3.91. The van der Waals surface area contributed by atoms with Crippen molar-refractivity contribution in [2.24, 2.45) is 0 Å². The molecule has 0 radical (unpaired) electrons. The number of nitrogens with zero attached hydrogens (tertiary/aromatic N) is 1. The molecule has 0 atom stereocenters. The summed E-state index contributed by atoms with van der Waals surface area (Å²) < 4.78 is 6.04. The molecule has 2 rings (SSSR count). The number of aryl methyl sites for hydroxylation is 3. The average molecular weight is 310 g/mol. The van der Waals surface area contributed by atoms with E-state index in [2.05, 4.69) is 38.0 Å². The number of aromatic nitrogens is 2.